The van der Waals surface area contributed by atoms with Crippen LogP contribution in [0.4, 0.5) is 0 Å². The molecular formula is C18H18N6O2. The summed E-state index contributed by atoms with van der Waals surface area (Å²) in [4.78, 5) is 8.68. The number of hydrogen-bond acceptors (Lipinski definition) is 6. The molecule has 4 aromatic rings. The fourth-order valence-electron chi connectivity index (χ4n) is 2.70. The van der Waals surface area contributed by atoms with E-state index in [2.05, 4.69) is 20.2 Å². The van der Waals surface area contributed by atoms with E-state index in [1.165, 1.54) is 6.33 Å². The van der Waals surface area contributed by atoms with Crippen molar-refractivity contribution in [2.75, 3.05) is 0 Å². The average molecular weight is 350 g/mol. The highest BCUT2D eigenvalue weighted by molar-refractivity contribution is 5.68. The molecule has 0 amide bonds. The number of aliphatic hydroxyl groups excluding tert-OH is 1. The maximum Gasteiger partial charge on any atom is 0.217 e. The van der Waals surface area contributed by atoms with Crippen molar-refractivity contribution >= 4 is 0 Å². The van der Waals surface area contributed by atoms with Crippen LogP contribution in [0, 0.1) is 0 Å². The van der Waals surface area contributed by atoms with E-state index < -0.39 is 6.10 Å². The van der Waals surface area contributed by atoms with Crippen LogP contribution < -0.4 is 0 Å². The highest BCUT2D eigenvalue weighted by atomic mass is 16.3. The predicted octanol–water partition coefficient (Wildman–Crippen LogP) is 2.56. The lowest BCUT2D eigenvalue weighted by Gasteiger charge is -2.12. The Hall–Kier alpha value is -3.26. The lowest BCUT2D eigenvalue weighted by atomic mass is 10.1. The zero-order valence-corrected chi connectivity index (χ0v) is 14.2. The van der Waals surface area contributed by atoms with Crippen molar-refractivity contribution in [3.8, 4) is 28.7 Å². The van der Waals surface area contributed by atoms with Gasteiger partial charge >= 0.3 is 0 Å². The second kappa shape index (κ2) is 6.93. The van der Waals surface area contributed by atoms with Crippen LogP contribution in [-0.2, 0) is 6.54 Å². The van der Waals surface area contributed by atoms with Gasteiger partial charge in [-0.2, -0.15) is 5.10 Å². The number of para-hydroxylation sites is 1. The van der Waals surface area contributed by atoms with Crippen molar-refractivity contribution in [1.82, 2.24) is 29.5 Å². The Bertz CT molecular complexity index is 975. The Kier molecular flexibility index (Phi) is 4.32. The van der Waals surface area contributed by atoms with Gasteiger partial charge in [0.2, 0.25) is 5.82 Å². The average Bonchev–Trinajstić information content (AvgIpc) is 3.42. The van der Waals surface area contributed by atoms with Gasteiger partial charge in [0.25, 0.3) is 0 Å². The lowest BCUT2D eigenvalue weighted by Crippen LogP contribution is -2.17. The van der Waals surface area contributed by atoms with E-state index in [0.29, 0.717) is 30.4 Å². The molecule has 1 N–H and O–H groups in total. The first kappa shape index (κ1) is 16.2. The van der Waals surface area contributed by atoms with Crippen LogP contribution in [0.3, 0.4) is 0 Å². The topological polar surface area (TPSA) is 94.8 Å². The second-order valence-electron chi connectivity index (χ2n) is 5.84. The molecule has 3 heterocycles. The summed E-state index contributed by atoms with van der Waals surface area (Å²) in [5.74, 6) is 1.69. The maximum absolute atomic E-state index is 10.1. The molecular weight excluding hydrogens is 332 g/mol. The van der Waals surface area contributed by atoms with Crippen molar-refractivity contribution in [1.29, 1.82) is 0 Å². The third-order valence-corrected chi connectivity index (χ3v) is 4.08. The van der Waals surface area contributed by atoms with Gasteiger partial charge in [-0.15, -0.1) is 5.10 Å². The van der Waals surface area contributed by atoms with Crippen LogP contribution in [0.2, 0.25) is 0 Å². The molecule has 26 heavy (non-hydrogen) atoms. The summed E-state index contributed by atoms with van der Waals surface area (Å²) in [5.41, 5.74) is 1.67. The van der Waals surface area contributed by atoms with Crippen molar-refractivity contribution in [3.05, 3.63) is 55.3 Å². The largest absolute Gasteiger partial charge is 0.461 e. The lowest BCUT2D eigenvalue weighted by molar-refractivity contribution is 0.146. The summed E-state index contributed by atoms with van der Waals surface area (Å²) in [6, 6.07) is 11.3. The molecule has 8 heteroatoms. The van der Waals surface area contributed by atoms with E-state index in [4.69, 9.17) is 4.42 Å². The molecule has 4 rings (SSSR count). The van der Waals surface area contributed by atoms with E-state index in [9.17, 15) is 5.11 Å². The summed E-state index contributed by atoms with van der Waals surface area (Å²) in [6.07, 6.45) is 4.81. The molecule has 0 aliphatic carbocycles. The van der Waals surface area contributed by atoms with E-state index in [0.717, 1.165) is 11.3 Å². The molecule has 1 unspecified atom stereocenters. The van der Waals surface area contributed by atoms with Crippen molar-refractivity contribution in [2.24, 2.45) is 0 Å². The van der Waals surface area contributed by atoms with E-state index in [1.54, 1.807) is 28.0 Å². The molecule has 0 radical (unpaired) electrons. The Morgan fingerprint density at radius 3 is 2.81 bits per heavy atom. The third kappa shape index (κ3) is 3.02. The van der Waals surface area contributed by atoms with Gasteiger partial charge in [-0.05, 0) is 30.7 Å². The standard InChI is InChI=1S/C18H18N6O2/c1-2-13(25)10-23-18(21-17(22-23)16-8-5-9-26-16)14-6-3-4-7-15(14)24-12-19-11-20-24/h3-9,11-13,25H,2,10H2,1H3. The fourth-order valence-corrected chi connectivity index (χ4v) is 2.70. The molecule has 132 valence electrons. The Morgan fingerprint density at radius 1 is 1.19 bits per heavy atom. The molecule has 1 atom stereocenters. The number of nitrogens with zero attached hydrogens (tertiary/aromatic N) is 6. The van der Waals surface area contributed by atoms with Gasteiger partial charge in [0.15, 0.2) is 11.6 Å². The zero-order chi connectivity index (χ0) is 17.9. The van der Waals surface area contributed by atoms with Crippen LogP contribution in [0.5, 0.6) is 0 Å². The quantitative estimate of drug-likeness (QED) is 0.574. The first-order valence-electron chi connectivity index (χ1n) is 8.37. The monoisotopic (exact) mass is 350 g/mol. The summed E-state index contributed by atoms with van der Waals surface area (Å²) in [6.45, 7) is 2.27. The van der Waals surface area contributed by atoms with Crippen LogP contribution in [0.15, 0.2) is 59.7 Å². The smallest absolute Gasteiger partial charge is 0.217 e. The van der Waals surface area contributed by atoms with Crippen LogP contribution in [0.1, 0.15) is 13.3 Å². The maximum atomic E-state index is 10.1. The Morgan fingerprint density at radius 2 is 2.08 bits per heavy atom. The summed E-state index contributed by atoms with van der Waals surface area (Å²) < 4.78 is 8.82. The van der Waals surface area contributed by atoms with Gasteiger partial charge in [0.1, 0.15) is 12.7 Å². The van der Waals surface area contributed by atoms with Crippen LogP contribution >= 0.6 is 0 Å². The molecule has 0 fully saturated rings. The van der Waals surface area contributed by atoms with Crippen LogP contribution in [0.25, 0.3) is 28.7 Å². The first-order valence-corrected chi connectivity index (χ1v) is 8.37. The summed E-state index contributed by atoms with van der Waals surface area (Å²) >= 11 is 0. The number of aliphatic hydroxyl groups is 1. The molecule has 3 aromatic heterocycles. The number of rotatable bonds is 6. The Labute approximate surface area is 149 Å². The Balaban J connectivity index is 1.86. The predicted molar refractivity (Wildman–Crippen MR) is 94.4 cm³/mol. The number of benzene rings is 1. The number of aromatic nitrogens is 6. The van der Waals surface area contributed by atoms with Gasteiger partial charge in [0.05, 0.1) is 24.6 Å². The first-order chi connectivity index (χ1) is 12.8. The van der Waals surface area contributed by atoms with E-state index in [1.807, 2.05) is 37.3 Å². The third-order valence-electron chi connectivity index (χ3n) is 4.08. The molecule has 0 aliphatic heterocycles. The van der Waals surface area contributed by atoms with E-state index >= 15 is 0 Å². The SMILES string of the molecule is CCC(O)Cn1nc(-c2ccco2)nc1-c1ccccc1-n1cncn1. The van der Waals surface area contributed by atoms with Gasteiger partial charge in [-0.3, -0.25) is 0 Å². The van der Waals surface area contributed by atoms with Gasteiger partial charge in [-0.25, -0.2) is 19.3 Å². The minimum absolute atomic E-state index is 0.339. The normalized spacial score (nSPS) is 12.4. The minimum atomic E-state index is -0.515. The molecule has 0 spiro atoms. The van der Waals surface area contributed by atoms with Crippen LogP contribution in [-0.4, -0.2) is 40.7 Å². The van der Waals surface area contributed by atoms with Crippen molar-refractivity contribution in [2.45, 2.75) is 26.0 Å². The molecule has 0 bridgehead atoms. The highest BCUT2D eigenvalue weighted by Crippen LogP contribution is 2.27. The highest BCUT2D eigenvalue weighted by Gasteiger charge is 2.19. The molecule has 0 saturated carbocycles. The zero-order valence-electron chi connectivity index (χ0n) is 14.2. The molecule has 0 saturated heterocycles. The molecule has 0 aliphatic rings. The fraction of sp³-hybridized carbons (Fsp3) is 0.222. The summed E-state index contributed by atoms with van der Waals surface area (Å²) in [7, 11) is 0. The second-order valence-corrected chi connectivity index (χ2v) is 5.84. The summed E-state index contributed by atoms with van der Waals surface area (Å²) in [5, 5.41) is 18.9. The van der Waals surface area contributed by atoms with Gasteiger partial charge in [-0.1, -0.05) is 19.1 Å². The van der Waals surface area contributed by atoms with E-state index in [-0.39, 0.29) is 0 Å². The van der Waals surface area contributed by atoms with Crippen molar-refractivity contribution in [3.63, 3.8) is 0 Å². The number of hydrogen-bond donors (Lipinski definition) is 1. The molecule has 1 aromatic carbocycles. The van der Waals surface area contributed by atoms with Gasteiger partial charge in [0, 0.05) is 5.56 Å². The van der Waals surface area contributed by atoms with Crippen molar-refractivity contribution < 1.29 is 9.52 Å². The van der Waals surface area contributed by atoms with Gasteiger partial charge < -0.3 is 9.52 Å². The molecule has 8 nitrogen and oxygen atoms in total. The minimum Gasteiger partial charge on any atom is -0.461 e. The number of furan rings is 1.